The van der Waals surface area contributed by atoms with Gasteiger partial charge in [0.25, 0.3) is 0 Å². The van der Waals surface area contributed by atoms with E-state index in [0.29, 0.717) is 6.73 Å². The van der Waals surface area contributed by atoms with E-state index in [0.717, 1.165) is 12.8 Å². The van der Waals surface area contributed by atoms with Gasteiger partial charge in [-0.3, -0.25) is 10.1 Å². The molecule has 1 rings (SSSR count). The van der Waals surface area contributed by atoms with Gasteiger partial charge in [0.2, 0.25) is 0 Å². The molecule has 0 bridgehead atoms. The van der Waals surface area contributed by atoms with E-state index in [4.69, 9.17) is 9.47 Å². The quantitative estimate of drug-likeness (QED) is 0.545. The molecule has 0 aromatic rings. The Labute approximate surface area is 85.0 Å². The van der Waals surface area contributed by atoms with Crippen molar-refractivity contribution in [1.29, 1.82) is 0 Å². The molecular formula is C10H19NO3. The maximum Gasteiger partial charge on any atom is 0.326 e. The maximum atomic E-state index is 11.3. The van der Waals surface area contributed by atoms with Crippen LogP contribution in [0.25, 0.3) is 0 Å². The van der Waals surface area contributed by atoms with Crippen LogP contribution in [0.15, 0.2) is 0 Å². The van der Waals surface area contributed by atoms with E-state index in [-0.39, 0.29) is 11.6 Å². The number of hydrogen-bond donors (Lipinski definition) is 1. The van der Waals surface area contributed by atoms with Crippen molar-refractivity contribution >= 4 is 5.97 Å². The molecule has 14 heavy (non-hydrogen) atoms. The summed E-state index contributed by atoms with van der Waals surface area (Å²) in [5.41, 5.74) is -0.640. The number of methoxy groups -OCH3 is 1. The molecule has 0 aliphatic heterocycles. The molecule has 1 saturated carbocycles. The fraction of sp³-hybridized carbons (Fsp3) is 0.900. The predicted molar refractivity (Wildman–Crippen MR) is 52.8 cm³/mol. The van der Waals surface area contributed by atoms with E-state index < -0.39 is 5.54 Å². The first-order chi connectivity index (χ1) is 6.40. The van der Waals surface area contributed by atoms with Crippen LogP contribution in [0.3, 0.4) is 0 Å². The Bertz CT molecular complexity index is 216. The van der Waals surface area contributed by atoms with Crippen LogP contribution in [0, 0.1) is 0 Å². The second-order valence-corrected chi connectivity index (χ2v) is 4.65. The minimum atomic E-state index is -0.458. The number of carbonyl (C=O) groups excluding carboxylic acids is 1. The first-order valence-corrected chi connectivity index (χ1v) is 4.87. The van der Waals surface area contributed by atoms with E-state index in [1.54, 1.807) is 0 Å². The van der Waals surface area contributed by atoms with Gasteiger partial charge in [-0.15, -0.1) is 0 Å². The minimum absolute atomic E-state index is 0.181. The van der Waals surface area contributed by atoms with Crippen LogP contribution >= 0.6 is 0 Å². The number of hydrogen-bond acceptors (Lipinski definition) is 4. The molecule has 0 aromatic heterocycles. The Balaban J connectivity index is 2.28. The molecule has 1 aliphatic rings. The molecule has 1 fully saturated rings. The van der Waals surface area contributed by atoms with Crippen molar-refractivity contribution in [2.24, 2.45) is 0 Å². The molecule has 0 aromatic carbocycles. The highest BCUT2D eigenvalue weighted by atomic mass is 16.5. The monoisotopic (exact) mass is 201 g/mol. The Morgan fingerprint density at radius 2 is 2.00 bits per heavy atom. The second kappa shape index (κ2) is 3.87. The topological polar surface area (TPSA) is 47.6 Å². The van der Waals surface area contributed by atoms with E-state index in [2.05, 4.69) is 5.32 Å². The summed E-state index contributed by atoms with van der Waals surface area (Å²) in [6, 6.07) is 0. The van der Waals surface area contributed by atoms with Gasteiger partial charge in [-0.2, -0.15) is 0 Å². The zero-order chi connectivity index (χ0) is 10.8. The first-order valence-electron chi connectivity index (χ1n) is 4.87. The Kier molecular flexibility index (Phi) is 3.17. The number of esters is 1. The number of nitrogens with one attached hydrogen (secondary N) is 1. The Hall–Kier alpha value is -0.610. The minimum Gasteiger partial charge on any atom is -0.468 e. The van der Waals surface area contributed by atoms with Gasteiger partial charge >= 0.3 is 5.97 Å². The molecule has 0 radical (unpaired) electrons. The van der Waals surface area contributed by atoms with E-state index in [9.17, 15) is 4.79 Å². The fourth-order valence-corrected chi connectivity index (χ4v) is 1.16. The SMILES string of the molecule is COC(=O)C1(NCOC(C)(C)C)CC1. The number of ether oxygens (including phenoxy) is 2. The van der Waals surface area contributed by atoms with Crippen LogP contribution in [0.5, 0.6) is 0 Å². The molecular weight excluding hydrogens is 182 g/mol. The molecule has 82 valence electrons. The third kappa shape index (κ3) is 2.96. The van der Waals surface area contributed by atoms with Gasteiger partial charge in [0.1, 0.15) is 5.54 Å². The van der Waals surface area contributed by atoms with Crippen LogP contribution in [0.2, 0.25) is 0 Å². The second-order valence-electron chi connectivity index (χ2n) is 4.65. The molecule has 1 N–H and O–H groups in total. The standard InChI is InChI=1S/C10H19NO3/c1-9(2,3)14-7-11-10(5-6-10)8(12)13-4/h11H,5-7H2,1-4H3. The molecule has 1 aliphatic carbocycles. The molecule has 0 heterocycles. The average Bonchev–Trinajstić information content (AvgIpc) is 2.82. The summed E-state index contributed by atoms with van der Waals surface area (Å²) in [5.74, 6) is -0.185. The summed E-state index contributed by atoms with van der Waals surface area (Å²) >= 11 is 0. The molecule has 0 saturated heterocycles. The molecule has 0 atom stereocenters. The smallest absolute Gasteiger partial charge is 0.326 e. The van der Waals surface area contributed by atoms with Crippen molar-refractivity contribution in [3.8, 4) is 0 Å². The van der Waals surface area contributed by atoms with Crippen molar-refractivity contribution in [3.05, 3.63) is 0 Å². The summed E-state index contributed by atoms with van der Waals surface area (Å²) in [5, 5.41) is 3.08. The van der Waals surface area contributed by atoms with Gasteiger partial charge in [-0.05, 0) is 33.6 Å². The fourth-order valence-electron chi connectivity index (χ4n) is 1.16. The predicted octanol–water partition coefficient (Wildman–Crippen LogP) is 1.05. The highest BCUT2D eigenvalue weighted by Gasteiger charge is 2.50. The molecule has 0 unspecified atom stereocenters. The van der Waals surface area contributed by atoms with E-state index in [1.807, 2.05) is 20.8 Å². The van der Waals surface area contributed by atoms with E-state index in [1.165, 1.54) is 7.11 Å². The zero-order valence-electron chi connectivity index (χ0n) is 9.35. The maximum absolute atomic E-state index is 11.3. The van der Waals surface area contributed by atoms with Gasteiger partial charge in [-0.1, -0.05) is 0 Å². The summed E-state index contributed by atoms with van der Waals surface area (Å²) in [6.07, 6.45) is 1.68. The van der Waals surface area contributed by atoms with Crippen molar-refractivity contribution < 1.29 is 14.3 Å². The van der Waals surface area contributed by atoms with Crippen LogP contribution in [0.4, 0.5) is 0 Å². The van der Waals surface area contributed by atoms with Gasteiger partial charge in [0, 0.05) is 0 Å². The lowest BCUT2D eigenvalue weighted by molar-refractivity contribution is -0.145. The number of carbonyl (C=O) groups is 1. The summed E-state index contributed by atoms with van der Waals surface area (Å²) in [6.45, 7) is 6.32. The summed E-state index contributed by atoms with van der Waals surface area (Å²) < 4.78 is 10.2. The van der Waals surface area contributed by atoms with Crippen molar-refractivity contribution in [3.63, 3.8) is 0 Å². The lowest BCUT2D eigenvalue weighted by atomic mass is 10.2. The van der Waals surface area contributed by atoms with Crippen LogP contribution < -0.4 is 5.32 Å². The van der Waals surface area contributed by atoms with Crippen LogP contribution in [-0.2, 0) is 14.3 Å². The van der Waals surface area contributed by atoms with E-state index >= 15 is 0 Å². The average molecular weight is 201 g/mol. The molecule has 4 heteroatoms. The largest absolute Gasteiger partial charge is 0.468 e. The van der Waals surface area contributed by atoms with Gasteiger partial charge < -0.3 is 9.47 Å². The summed E-state index contributed by atoms with van der Waals surface area (Å²) in [4.78, 5) is 11.3. The number of rotatable bonds is 4. The summed E-state index contributed by atoms with van der Waals surface area (Å²) in [7, 11) is 1.41. The third-order valence-electron chi connectivity index (χ3n) is 2.24. The van der Waals surface area contributed by atoms with Gasteiger partial charge in [-0.25, -0.2) is 0 Å². The third-order valence-corrected chi connectivity index (χ3v) is 2.24. The molecule has 0 amide bonds. The van der Waals surface area contributed by atoms with Crippen LogP contribution in [-0.4, -0.2) is 30.9 Å². The highest BCUT2D eigenvalue weighted by Crippen LogP contribution is 2.36. The van der Waals surface area contributed by atoms with Crippen molar-refractivity contribution in [2.45, 2.75) is 44.8 Å². The molecule has 0 spiro atoms. The first kappa shape index (κ1) is 11.5. The Morgan fingerprint density at radius 3 is 2.36 bits per heavy atom. The Morgan fingerprint density at radius 1 is 1.43 bits per heavy atom. The van der Waals surface area contributed by atoms with Crippen molar-refractivity contribution in [1.82, 2.24) is 5.32 Å². The zero-order valence-corrected chi connectivity index (χ0v) is 9.35. The van der Waals surface area contributed by atoms with Gasteiger partial charge in [0.05, 0.1) is 19.4 Å². The lowest BCUT2D eigenvalue weighted by Crippen LogP contribution is -2.42. The van der Waals surface area contributed by atoms with Gasteiger partial charge in [0.15, 0.2) is 0 Å². The molecule has 4 nitrogen and oxygen atoms in total. The van der Waals surface area contributed by atoms with Crippen LogP contribution in [0.1, 0.15) is 33.6 Å². The normalized spacial score (nSPS) is 19.1. The lowest BCUT2D eigenvalue weighted by Gasteiger charge is -2.22. The highest BCUT2D eigenvalue weighted by molar-refractivity contribution is 5.84. The van der Waals surface area contributed by atoms with Crippen molar-refractivity contribution in [2.75, 3.05) is 13.8 Å².